The molecular formula is C18H19FN2O3. The molecule has 126 valence electrons. The summed E-state index contributed by atoms with van der Waals surface area (Å²) in [7, 11) is 0. The number of carbonyl (C=O) groups is 2. The fraction of sp³-hybridized carbons (Fsp3) is 0.222. The fourth-order valence-corrected chi connectivity index (χ4v) is 1.99. The summed E-state index contributed by atoms with van der Waals surface area (Å²) in [6, 6.07) is 11.2. The predicted octanol–water partition coefficient (Wildman–Crippen LogP) is 3.50. The van der Waals surface area contributed by atoms with Gasteiger partial charge in [-0.15, -0.1) is 0 Å². The van der Waals surface area contributed by atoms with Crippen molar-refractivity contribution in [3.63, 3.8) is 0 Å². The summed E-state index contributed by atoms with van der Waals surface area (Å²) in [4.78, 5) is 23.1. The number of hydrogen-bond donors (Lipinski definition) is 2. The molecule has 0 saturated carbocycles. The van der Waals surface area contributed by atoms with Crippen LogP contribution in [0.2, 0.25) is 0 Å². The molecule has 2 aromatic rings. The minimum absolute atomic E-state index is 0.165. The van der Waals surface area contributed by atoms with E-state index < -0.39 is 6.10 Å². The molecule has 0 saturated heterocycles. The number of ether oxygens (including phenoxy) is 1. The lowest BCUT2D eigenvalue weighted by atomic mass is 10.2. The number of rotatable bonds is 5. The highest BCUT2D eigenvalue weighted by molar-refractivity contribution is 5.94. The molecule has 0 radical (unpaired) electrons. The van der Waals surface area contributed by atoms with E-state index in [-0.39, 0.29) is 17.6 Å². The first-order chi connectivity index (χ1) is 11.3. The molecule has 0 spiro atoms. The smallest absolute Gasteiger partial charge is 0.265 e. The summed E-state index contributed by atoms with van der Waals surface area (Å²) in [5.41, 5.74) is 1.53. The Morgan fingerprint density at radius 1 is 1.04 bits per heavy atom. The zero-order valence-electron chi connectivity index (χ0n) is 13.7. The Morgan fingerprint density at radius 3 is 2.25 bits per heavy atom. The minimum atomic E-state index is -0.763. The maximum absolute atomic E-state index is 13.5. The Labute approximate surface area is 139 Å². The monoisotopic (exact) mass is 330 g/mol. The molecule has 0 aliphatic heterocycles. The van der Waals surface area contributed by atoms with E-state index in [2.05, 4.69) is 10.6 Å². The highest BCUT2D eigenvalue weighted by Gasteiger charge is 2.15. The van der Waals surface area contributed by atoms with Crippen molar-refractivity contribution in [1.29, 1.82) is 0 Å². The molecule has 0 aliphatic rings. The van der Waals surface area contributed by atoms with Gasteiger partial charge in [-0.05, 0) is 55.8 Å². The van der Waals surface area contributed by atoms with Gasteiger partial charge in [0.25, 0.3) is 5.91 Å². The van der Waals surface area contributed by atoms with Crippen LogP contribution in [0.5, 0.6) is 5.75 Å². The minimum Gasteiger partial charge on any atom is -0.481 e. The van der Waals surface area contributed by atoms with Crippen LogP contribution in [0.3, 0.4) is 0 Å². The van der Waals surface area contributed by atoms with Crippen LogP contribution < -0.4 is 15.4 Å². The summed E-state index contributed by atoms with van der Waals surface area (Å²) < 4.78 is 19.0. The lowest BCUT2D eigenvalue weighted by molar-refractivity contribution is -0.122. The van der Waals surface area contributed by atoms with Gasteiger partial charge in [-0.3, -0.25) is 9.59 Å². The second-order valence-corrected chi connectivity index (χ2v) is 5.42. The standard InChI is InChI=1S/C18H19FN2O3/c1-11-4-5-15(10-17(11)19)21-18(23)12(2)24-16-8-6-14(7-9-16)20-13(3)22/h4-10,12H,1-3H3,(H,20,22)(H,21,23)/t12-/m1/s1. The Bertz CT molecular complexity index is 744. The summed E-state index contributed by atoms with van der Waals surface area (Å²) in [5.74, 6) is -0.442. The summed E-state index contributed by atoms with van der Waals surface area (Å²) >= 11 is 0. The van der Waals surface area contributed by atoms with Crippen LogP contribution in [-0.2, 0) is 9.59 Å². The molecule has 2 rings (SSSR count). The van der Waals surface area contributed by atoms with E-state index in [0.29, 0.717) is 22.7 Å². The number of hydrogen-bond acceptors (Lipinski definition) is 3. The van der Waals surface area contributed by atoms with E-state index in [1.54, 1.807) is 50.2 Å². The topological polar surface area (TPSA) is 67.4 Å². The highest BCUT2D eigenvalue weighted by atomic mass is 19.1. The highest BCUT2D eigenvalue weighted by Crippen LogP contribution is 2.18. The molecule has 5 nitrogen and oxygen atoms in total. The van der Waals surface area contributed by atoms with Gasteiger partial charge >= 0.3 is 0 Å². The first-order valence-corrected chi connectivity index (χ1v) is 7.46. The van der Waals surface area contributed by atoms with Gasteiger partial charge in [0.2, 0.25) is 5.91 Å². The van der Waals surface area contributed by atoms with Crippen molar-refractivity contribution in [2.24, 2.45) is 0 Å². The molecule has 1 atom stereocenters. The third-order valence-corrected chi connectivity index (χ3v) is 3.30. The van der Waals surface area contributed by atoms with Gasteiger partial charge < -0.3 is 15.4 Å². The lowest BCUT2D eigenvalue weighted by Crippen LogP contribution is -2.30. The number of anilines is 2. The van der Waals surface area contributed by atoms with Crippen molar-refractivity contribution in [2.75, 3.05) is 10.6 Å². The maximum Gasteiger partial charge on any atom is 0.265 e. The van der Waals surface area contributed by atoms with Crippen LogP contribution in [0.25, 0.3) is 0 Å². The first kappa shape index (κ1) is 17.5. The molecule has 0 fully saturated rings. The Kier molecular flexibility index (Phi) is 5.52. The average Bonchev–Trinajstić information content (AvgIpc) is 2.52. The number of amides is 2. The van der Waals surface area contributed by atoms with E-state index in [4.69, 9.17) is 4.74 Å². The van der Waals surface area contributed by atoms with Crippen molar-refractivity contribution in [2.45, 2.75) is 26.9 Å². The summed E-state index contributed by atoms with van der Waals surface area (Å²) in [6.45, 7) is 4.67. The molecule has 24 heavy (non-hydrogen) atoms. The molecule has 6 heteroatoms. The van der Waals surface area contributed by atoms with Crippen molar-refractivity contribution < 1.29 is 18.7 Å². The molecular weight excluding hydrogens is 311 g/mol. The molecule has 2 N–H and O–H groups in total. The van der Waals surface area contributed by atoms with Crippen LogP contribution >= 0.6 is 0 Å². The normalized spacial score (nSPS) is 11.5. The Hall–Kier alpha value is -2.89. The zero-order chi connectivity index (χ0) is 17.7. The SMILES string of the molecule is CC(=O)Nc1ccc(O[C@H](C)C(=O)Nc2ccc(C)c(F)c2)cc1. The molecule has 0 bridgehead atoms. The van der Waals surface area contributed by atoms with Crippen LogP contribution in [0.4, 0.5) is 15.8 Å². The Balaban J connectivity index is 1.95. The number of carbonyl (C=O) groups excluding carboxylic acids is 2. The van der Waals surface area contributed by atoms with Gasteiger partial charge in [0.15, 0.2) is 6.10 Å². The van der Waals surface area contributed by atoms with Gasteiger partial charge in [0.05, 0.1) is 0 Å². The van der Waals surface area contributed by atoms with Gasteiger partial charge in [-0.2, -0.15) is 0 Å². The largest absolute Gasteiger partial charge is 0.481 e. The third kappa shape index (κ3) is 4.81. The fourth-order valence-electron chi connectivity index (χ4n) is 1.99. The average molecular weight is 330 g/mol. The van der Waals surface area contributed by atoms with E-state index in [0.717, 1.165) is 0 Å². The van der Waals surface area contributed by atoms with Crippen LogP contribution in [0.1, 0.15) is 19.4 Å². The summed E-state index contributed by atoms with van der Waals surface area (Å²) in [6.07, 6.45) is -0.763. The number of halogens is 1. The van der Waals surface area contributed by atoms with E-state index in [1.807, 2.05) is 0 Å². The first-order valence-electron chi connectivity index (χ1n) is 7.46. The van der Waals surface area contributed by atoms with Crippen molar-refractivity contribution in [1.82, 2.24) is 0 Å². The third-order valence-electron chi connectivity index (χ3n) is 3.30. The molecule has 0 aliphatic carbocycles. The van der Waals surface area contributed by atoms with Crippen LogP contribution in [-0.4, -0.2) is 17.9 Å². The number of nitrogens with one attached hydrogen (secondary N) is 2. The predicted molar refractivity (Wildman–Crippen MR) is 90.6 cm³/mol. The summed E-state index contributed by atoms with van der Waals surface area (Å²) in [5, 5.41) is 5.25. The number of benzene rings is 2. The Morgan fingerprint density at radius 2 is 1.67 bits per heavy atom. The lowest BCUT2D eigenvalue weighted by Gasteiger charge is -2.15. The van der Waals surface area contributed by atoms with Gasteiger partial charge in [0.1, 0.15) is 11.6 Å². The van der Waals surface area contributed by atoms with Crippen molar-refractivity contribution in [3.05, 3.63) is 53.8 Å². The molecule has 0 aromatic heterocycles. The van der Waals surface area contributed by atoms with Gasteiger partial charge in [-0.25, -0.2) is 4.39 Å². The van der Waals surface area contributed by atoms with Crippen molar-refractivity contribution in [3.8, 4) is 5.75 Å². The second-order valence-electron chi connectivity index (χ2n) is 5.42. The molecule has 2 aromatic carbocycles. The molecule has 0 unspecified atom stereocenters. The van der Waals surface area contributed by atoms with E-state index in [9.17, 15) is 14.0 Å². The van der Waals surface area contributed by atoms with Gasteiger partial charge in [-0.1, -0.05) is 6.07 Å². The number of aryl methyl sites for hydroxylation is 1. The second kappa shape index (κ2) is 7.59. The van der Waals surface area contributed by atoms with E-state index in [1.165, 1.54) is 13.0 Å². The van der Waals surface area contributed by atoms with Gasteiger partial charge in [0, 0.05) is 18.3 Å². The quantitative estimate of drug-likeness (QED) is 0.882. The van der Waals surface area contributed by atoms with Crippen molar-refractivity contribution >= 4 is 23.2 Å². The molecule has 0 heterocycles. The maximum atomic E-state index is 13.5. The molecule has 2 amide bonds. The van der Waals surface area contributed by atoms with E-state index >= 15 is 0 Å². The zero-order valence-corrected chi connectivity index (χ0v) is 13.7. The van der Waals surface area contributed by atoms with Crippen LogP contribution in [0.15, 0.2) is 42.5 Å². The van der Waals surface area contributed by atoms with Crippen LogP contribution in [0, 0.1) is 12.7 Å².